The molecule has 0 aliphatic heterocycles. The van der Waals surface area contributed by atoms with E-state index in [4.69, 9.17) is 11.6 Å². The first-order valence-electron chi connectivity index (χ1n) is 6.80. The Labute approximate surface area is 137 Å². The molecule has 112 valence electrons. The average Bonchev–Trinajstić information content (AvgIpc) is 2.47. The molecule has 0 aliphatic rings. The highest BCUT2D eigenvalue weighted by atomic mass is 79.9. The maximum atomic E-state index is 12.1. The van der Waals surface area contributed by atoms with Crippen LogP contribution in [0.2, 0.25) is 5.02 Å². The largest absolute Gasteiger partial charge is 0.376 e. The van der Waals surface area contributed by atoms with Crippen molar-refractivity contribution in [1.29, 1.82) is 0 Å². The number of rotatable bonds is 5. The summed E-state index contributed by atoms with van der Waals surface area (Å²) in [7, 11) is 0. The standard InChI is InChI=1S/C15H17BrClN3O/c1-3-7-20-15(21)14(16)13(9-18-20)19-10(2)11-5-4-6-12(17)8-11/h4-6,8-10,19H,3,7H2,1-2H3. The molecule has 1 atom stereocenters. The fraction of sp³-hybridized carbons (Fsp3) is 0.333. The van der Waals surface area contributed by atoms with Gasteiger partial charge in [-0.2, -0.15) is 5.10 Å². The van der Waals surface area contributed by atoms with Gasteiger partial charge in [-0.25, -0.2) is 4.68 Å². The van der Waals surface area contributed by atoms with Crippen molar-refractivity contribution in [2.45, 2.75) is 32.9 Å². The van der Waals surface area contributed by atoms with Crippen molar-refractivity contribution >= 4 is 33.2 Å². The van der Waals surface area contributed by atoms with E-state index in [-0.39, 0.29) is 11.6 Å². The number of benzene rings is 1. The van der Waals surface area contributed by atoms with Gasteiger partial charge in [0.1, 0.15) is 4.47 Å². The van der Waals surface area contributed by atoms with Gasteiger partial charge < -0.3 is 5.32 Å². The monoisotopic (exact) mass is 369 g/mol. The highest BCUT2D eigenvalue weighted by Gasteiger charge is 2.12. The number of nitrogens with one attached hydrogen (secondary N) is 1. The van der Waals surface area contributed by atoms with Gasteiger partial charge in [-0.1, -0.05) is 30.7 Å². The molecule has 0 spiro atoms. The lowest BCUT2D eigenvalue weighted by atomic mass is 10.1. The number of aromatic nitrogens is 2. The summed E-state index contributed by atoms with van der Waals surface area (Å²) in [5.74, 6) is 0. The Balaban J connectivity index is 2.24. The molecule has 0 bridgehead atoms. The van der Waals surface area contributed by atoms with E-state index in [1.165, 1.54) is 4.68 Å². The van der Waals surface area contributed by atoms with Crippen LogP contribution in [0, 0.1) is 0 Å². The smallest absolute Gasteiger partial charge is 0.283 e. The molecular weight excluding hydrogens is 354 g/mol. The van der Waals surface area contributed by atoms with Crippen molar-refractivity contribution in [2.75, 3.05) is 5.32 Å². The molecule has 0 saturated heterocycles. The van der Waals surface area contributed by atoms with Crippen molar-refractivity contribution in [3.05, 3.63) is 55.9 Å². The van der Waals surface area contributed by atoms with E-state index >= 15 is 0 Å². The van der Waals surface area contributed by atoms with E-state index in [1.807, 2.05) is 38.1 Å². The summed E-state index contributed by atoms with van der Waals surface area (Å²) in [6.45, 7) is 4.63. The second kappa shape index (κ2) is 7.09. The topological polar surface area (TPSA) is 46.9 Å². The Bertz CT molecular complexity index is 687. The van der Waals surface area contributed by atoms with Crippen LogP contribution in [0.25, 0.3) is 0 Å². The second-order valence-electron chi connectivity index (χ2n) is 4.82. The van der Waals surface area contributed by atoms with Crippen molar-refractivity contribution in [3.63, 3.8) is 0 Å². The van der Waals surface area contributed by atoms with Gasteiger partial charge in [-0.05, 0) is 47.0 Å². The Hall–Kier alpha value is -1.33. The predicted molar refractivity (Wildman–Crippen MR) is 90.0 cm³/mol. The van der Waals surface area contributed by atoms with Gasteiger partial charge in [0.05, 0.1) is 11.9 Å². The van der Waals surface area contributed by atoms with Crippen molar-refractivity contribution in [3.8, 4) is 0 Å². The number of aryl methyl sites for hydroxylation is 1. The highest BCUT2D eigenvalue weighted by Crippen LogP contribution is 2.24. The second-order valence-corrected chi connectivity index (χ2v) is 6.05. The minimum Gasteiger partial charge on any atom is -0.376 e. The molecule has 0 radical (unpaired) electrons. The molecule has 6 heteroatoms. The van der Waals surface area contributed by atoms with Gasteiger partial charge >= 0.3 is 0 Å². The van der Waals surface area contributed by atoms with Crippen LogP contribution in [0.1, 0.15) is 31.9 Å². The third-order valence-corrected chi connectivity index (χ3v) is 4.14. The summed E-state index contributed by atoms with van der Waals surface area (Å²) in [6.07, 6.45) is 2.53. The van der Waals surface area contributed by atoms with E-state index in [1.54, 1.807) is 6.20 Å². The van der Waals surface area contributed by atoms with Gasteiger partial charge in [0, 0.05) is 17.6 Å². The van der Waals surface area contributed by atoms with Gasteiger partial charge in [0.2, 0.25) is 0 Å². The van der Waals surface area contributed by atoms with Crippen LogP contribution >= 0.6 is 27.5 Å². The molecular formula is C15H17BrClN3O. The lowest BCUT2D eigenvalue weighted by Crippen LogP contribution is -2.24. The summed E-state index contributed by atoms with van der Waals surface area (Å²) < 4.78 is 1.96. The Morgan fingerprint density at radius 2 is 2.24 bits per heavy atom. The number of nitrogens with zero attached hydrogens (tertiary/aromatic N) is 2. The molecule has 4 nitrogen and oxygen atoms in total. The quantitative estimate of drug-likeness (QED) is 0.856. The van der Waals surface area contributed by atoms with Crippen LogP contribution < -0.4 is 10.9 Å². The molecule has 0 fully saturated rings. The lowest BCUT2D eigenvalue weighted by molar-refractivity contribution is 0.565. The zero-order valence-electron chi connectivity index (χ0n) is 11.9. The predicted octanol–water partition coefficient (Wildman–Crippen LogP) is 4.24. The van der Waals surface area contributed by atoms with E-state index in [2.05, 4.69) is 26.3 Å². The molecule has 0 aliphatic carbocycles. The van der Waals surface area contributed by atoms with E-state index < -0.39 is 0 Å². The number of hydrogen-bond donors (Lipinski definition) is 1. The first-order valence-corrected chi connectivity index (χ1v) is 7.97. The zero-order chi connectivity index (χ0) is 15.4. The third kappa shape index (κ3) is 3.86. The SMILES string of the molecule is CCCn1ncc(NC(C)c2cccc(Cl)c2)c(Br)c1=O. The molecule has 1 heterocycles. The molecule has 1 aromatic heterocycles. The number of halogens is 2. The van der Waals surface area contributed by atoms with Crippen LogP contribution in [0.3, 0.4) is 0 Å². The lowest BCUT2D eigenvalue weighted by Gasteiger charge is -2.17. The average molecular weight is 371 g/mol. The molecule has 1 N–H and O–H groups in total. The summed E-state index contributed by atoms with van der Waals surface area (Å²) in [4.78, 5) is 12.1. The van der Waals surface area contributed by atoms with Crippen molar-refractivity contribution < 1.29 is 0 Å². The summed E-state index contributed by atoms with van der Waals surface area (Å²) in [5, 5.41) is 8.15. The number of hydrogen-bond acceptors (Lipinski definition) is 3. The Kier molecular flexibility index (Phi) is 5.42. The maximum Gasteiger partial charge on any atom is 0.283 e. The van der Waals surface area contributed by atoms with Crippen LogP contribution in [0.15, 0.2) is 39.7 Å². The van der Waals surface area contributed by atoms with E-state index in [0.717, 1.165) is 12.0 Å². The van der Waals surface area contributed by atoms with Gasteiger partial charge in [0.15, 0.2) is 0 Å². The zero-order valence-corrected chi connectivity index (χ0v) is 14.3. The van der Waals surface area contributed by atoms with Crippen molar-refractivity contribution in [2.24, 2.45) is 0 Å². The number of anilines is 1. The van der Waals surface area contributed by atoms with Crippen LogP contribution in [-0.4, -0.2) is 9.78 Å². The molecule has 1 aromatic carbocycles. The van der Waals surface area contributed by atoms with Gasteiger partial charge in [-0.3, -0.25) is 4.79 Å². The molecule has 1 unspecified atom stereocenters. The molecule has 21 heavy (non-hydrogen) atoms. The van der Waals surface area contributed by atoms with E-state index in [9.17, 15) is 4.79 Å². The summed E-state index contributed by atoms with van der Waals surface area (Å²) in [6, 6.07) is 7.65. The maximum absolute atomic E-state index is 12.1. The molecule has 2 rings (SSSR count). The Morgan fingerprint density at radius 3 is 2.90 bits per heavy atom. The normalized spacial score (nSPS) is 12.2. The van der Waals surface area contributed by atoms with Gasteiger partial charge in [-0.15, -0.1) is 0 Å². The van der Waals surface area contributed by atoms with Crippen LogP contribution in [-0.2, 0) is 6.54 Å². The fourth-order valence-corrected chi connectivity index (χ4v) is 2.65. The first kappa shape index (κ1) is 16.0. The minimum atomic E-state index is -0.125. The van der Waals surface area contributed by atoms with Crippen LogP contribution in [0.5, 0.6) is 0 Å². The van der Waals surface area contributed by atoms with Crippen molar-refractivity contribution in [1.82, 2.24) is 9.78 Å². The van der Waals surface area contributed by atoms with E-state index in [0.29, 0.717) is 21.7 Å². The summed E-state index contributed by atoms with van der Waals surface area (Å²) in [5.41, 5.74) is 1.60. The molecule has 0 amide bonds. The highest BCUT2D eigenvalue weighted by molar-refractivity contribution is 9.10. The van der Waals surface area contributed by atoms with Crippen LogP contribution in [0.4, 0.5) is 5.69 Å². The third-order valence-electron chi connectivity index (χ3n) is 3.14. The minimum absolute atomic E-state index is 0.0169. The molecule has 0 saturated carbocycles. The molecule has 2 aromatic rings. The summed E-state index contributed by atoms with van der Waals surface area (Å²) >= 11 is 9.36. The Morgan fingerprint density at radius 1 is 1.48 bits per heavy atom. The van der Waals surface area contributed by atoms with Gasteiger partial charge in [0.25, 0.3) is 5.56 Å². The fourth-order valence-electron chi connectivity index (χ4n) is 2.03. The first-order chi connectivity index (χ1) is 10.0.